The lowest BCUT2D eigenvalue weighted by atomic mass is 9.96. The zero-order valence-corrected chi connectivity index (χ0v) is 20.5. The van der Waals surface area contributed by atoms with E-state index in [0.29, 0.717) is 32.6 Å². The highest BCUT2D eigenvalue weighted by Gasteiger charge is 2.39. The Labute approximate surface area is 205 Å². The number of benzene rings is 2. The van der Waals surface area contributed by atoms with Gasteiger partial charge in [-0.05, 0) is 42.5 Å². The van der Waals surface area contributed by atoms with E-state index in [-0.39, 0.29) is 18.4 Å². The average molecular weight is 480 g/mol. The highest BCUT2D eigenvalue weighted by molar-refractivity contribution is 5.89. The second-order valence-corrected chi connectivity index (χ2v) is 9.48. The van der Waals surface area contributed by atoms with Crippen molar-refractivity contribution in [2.75, 3.05) is 32.8 Å². The summed E-state index contributed by atoms with van der Waals surface area (Å²) in [6.45, 7) is 7.17. The maximum Gasteiger partial charge on any atom is 0.408 e. The summed E-state index contributed by atoms with van der Waals surface area (Å²) < 4.78 is 5.66. The molecule has 1 heterocycles. The third-order valence-corrected chi connectivity index (χ3v) is 7.41. The van der Waals surface area contributed by atoms with Gasteiger partial charge in [0.2, 0.25) is 5.91 Å². The predicted octanol–water partition coefficient (Wildman–Crippen LogP) is 3.31. The van der Waals surface area contributed by atoms with Gasteiger partial charge in [-0.3, -0.25) is 14.5 Å². The molecule has 1 saturated heterocycles. The topological polar surface area (TPSA) is 99.2 Å². The van der Waals surface area contributed by atoms with Crippen LogP contribution in [0, 0.1) is 0 Å². The fraction of sp³-hybridized carbons (Fsp3) is 0.444. The van der Waals surface area contributed by atoms with Gasteiger partial charge in [0.1, 0.15) is 18.2 Å². The Morgan fingerprint density at radius 2 is 1.57 bits per heavy atom. The van der Waals surface area contributed by atoms with Crippen LogP contribution in [0.1, 0.15) is 44.2 Å². The molecular weight excluding hydrogens is 446 g/mol. The standard InChI is InChI=1S/C27H33N3O5/c1-4-27(3,25(33)30-15-13-29(14-16-30)18(2)24(31)32)28-26(34)35-17-23-21-11-7-5-9-19(21)20-10-6-8-12-22(20)23/h5-12,18,23H,4,13-17H2,1-3H3,(H,28,34)(H,31,32). The summed E-state index contributed by atoms with van der Waals surface area (Å²) in [5, 5.41) is 12.0. The number of ether oxygens (including phenoxy) is 1. The number of nitrogens with one attached hydrogen (secondary N) is 1. The molecule has 186 valence electrons. The van der Waals surface area contributed by atoms with Gasteiger partial charge in [0.15, 0.2) is 0 Å². The van der Waals surface area contributed by atoms with Crippen LogP contribution in [0.3, 0.4) is 0 Å². The summed E-state index contributed by atoms with van der Waals surface area (Å²) in [5.41, 5.74) is 3.46. The molecule has 0 radical (unpaired) electrons. The number of hydrogen-bond acceptors (Lipinski definition) is 5. The first-order valence-corrected chi connectivity index (χ1v) is 12.1. The number of aliphatic carboxylic acids is 1. The fourth-order valence-electron chi connectivity index (χ4n) is 4.97. The predicted molar refractivity (Wildman–Crippen MR) is 132 cm³/mol. The van der Waals surface area contributed by atoms with E-state index in [2.05, 4.69) is 29.6 Å². The Morgan fingerprint density at radius 1 is 1.03 bits per heavy atom. The molecule has 2 N–H and O–H groups in total. The van der Waals surface area contributed by atoms with Crippen LogP contribution in [0.15, 0.2) is 48.5 Å². The summed E-state index contributed by atoms with van der Waals surface area (Å²) in [7, 11) is 0. The molecule has 4 rings (SSSR count). The first kappa shape index (κ1) is 24.7. The van der Waals surface area contributed by atoms with Gasteiger partial charge in [-0.2, -0.15) is 0 Å². The normalized spacial score (nSPS) is 18.2. The lowest BCUT2D eigenvalue weighted by molar-refractivity contribution is -0.145. The number of carboxylic acids is 1. The van der Waals surface area contributed by atoms with Crippen molar-refractivity contribution < 1.29 is 24.2 Å². The monoisotopic (exact) mass is 479 g/mol. The molecule has 2 aromatic carbocycles. The fourth-order valence-corrected chi connectivity index (χ4v) is 4.97. The maximum absolute atomic E-state index is 13.3. The second kappa shape index (κ2) is 10.1. The third kappa shape index (κ3) is 4.89. The van der Waals surface area contributed by atoms with Crippen molar-refractivity contribution in [1.29, 1.82) is 0 Å². The molecular formula is C27H33N3O5. The van der Waals surface area contributed by atoms with E-state index >= 15 is 0 Å². The molecule has 0 spiro atoms. The number of piperazine rings is 1. The van der Waals surface area contributed by atoms with Crippen LogP contribution in [0.4, 0.5) is 4.79 Å². The Hall–Kier alpha value is -3.39. The summed E-state index contributed by atoms with van der Waals surface area (Å²) in [5.74, 6) is -1.11. The molecule has 8 heteroatoms. The van der Waals surface area contributed by atoms with Crippen molar-refractivity contribution in [1.82, 2.24) is 15.1 Å². The molecule has 1 aliphatic carbocycles. The van der Waals surface area contributed by atoms with Crippen molar-refractivity contribution in [3.63, 3.8) is 0 Å². The number of nitrogens with zero attached hydrogens (tertiary/aromatic N) is 2. The van der Waals surface area contributed by atoms with Gasteiger partial charge >= 0.3 is 12.1 Å². The van der Waals surface area contributed by atoms with Crippen molar-refractivity contribution in [3.8, 4) is 11.1 Å². The molecule has 0 bridgehead atoms. The van der Waals surface area contributed by atoms with E-state index in [4.69, 9.17) is 4.74 Å². The number of rotatable bonds is 7. The Bertz CT molecular complexity index is 1070. The molecule has 35 heavy (non-hydrogen) atoms. The second-order valence-electron chi connectivity index (χ2n) is 9.48. The van der Waals surface area contributed by atoms with Gasteiger partial charge in [0.05, 0.1) is 0 Å². The first-order valence-electron chi connectivity index (χ1n) is 12.1. The Kier molecular flexibility index (Phi) is 7.12. The Morgan fingerprint density at radius 3 is 2.09 bits per heavy atom. The lowest BCUT2D eigenvalue weighted by Crippen LogP contribution is -2.61. The van der Waals surface area contributed by atoms with E-state index < -0.39 is 23.6 Å². The zero-order valence-electron chi connectivity index (χ0n) is 20.5. The largest absolute Gasteiger partial charge is 0.480 e. The minimum Gasteiger partial charge on any atom is -0.480 e. The van der Waals surface area contributed by atoms with Crippen molar-refractivity contribution in [3.05, 3.63) is 59.7 Å². The van der Waals surface area contributed by atoms with Gasteiger partial charge in [0.25, 0.3) is 0 Å². The summed E-state index contributed by atoms with van der Waals surface area (Å²) in [6, 6.07) is 15.7. The van der Waals surface area contributed by atoms with E-state index in [9.17, 15) is 19.5 Å². The SMILES string of the molecule is CCC(C)(NC(=O)OCC1c2ccccc2-c2ccccc21)C(=O)N1CCN(C(C)C(=O)O)CC1. The van der Waals surface area contributed by atoms with Crippen LogP contribution in [0.5, 0.6) is 0 Å². The van der Waals surface area contributed by atoms with Crippen LogP contribution >= 0.6 is 0 Å². The number of carbonyl (C=O) groups excluding carboxylic acids is 2. The molecule has 2 amide bonds. The van der Waals surface area contributed by atoms with Crippen LogP contribution in [0.2, 0.25) is 0 Å². The van der Waals surface area contributed by atoms with E-state index in [1.54, 1.807) is 18.7 Å². The number of fused-ring (bicyclic) bond motifs is 3. The van der Waals surface area contributed by atoms with E-state index in [1.807, 2.05) is 36.1 Å². The smallest absolute Gasteiger partial charge is 0.408 e. The number of carbonyl (C=O) groups is 3. The third-order valence-electron chi connectivity index (χ3n) is 7.41. The van der Waals surface area contributed by atoms with Gasteiger partial charge in [-0.25, -0.2) is 4.79 Å². The van der Waals surface area contributed by atoms with Crippen molar-refractivity contribution >= 4 is 18.0 Å². The summed E-state index contributed by atoms with van der Waals surface area (Å²) >= 11 is 0. The number of alkyl carbamates (subject to hydrolysis) is 1. The first-order chi connectivity index (χ1) is 16.7. The molecule has 1 fully saturated rings. The highest BCUT2D eigenvalue weighted by atomic mass is 16.5. The van der Waals surface area contributed by atoms with Crippen LogP contribution < -0.4 is 5.32 Å². The number of amides is 2. The summed E-state index contributed by atoms with van der Waals surface area (Å²) in [6.07, 6.45) is -0.218. The quantitative estimate of drug-likeness (QED) is 0.632. The van der Waals surface area contributed by atoms with Crippen LogP contribution in [0.25, 0.3) is 11.1 Å². The molecule has 0 saturated carbocycles. The van der Waals surface area contributed by atoms with Gasteiger partial charge in [0, 0.05) is 32.1 Å². The van der Waals surface area contributed by atoms with Crippen LogP contribution in [-0.4, -0.2) is 77.2 Å². The molecule has 0 aromatic heterocycles. The summed E-state index contributed by atoms with van der Waals surface area (Å²) in [4.78, 5) is 40.9. The van der Waals surface area contributed by atoms with E-state index in [1.165, 1.54) is 0 Å². The maximum atomic E-state index is 13.3. The van der Waals surface area contributed by atoms with Gasteiger partial charge < -0.3 is 20.1 Å². The molecule has 2 aromatic rings. The molecule has 2 aliphatic rings. The zero-order chi connectivity index (χ0) is 25.2. The minimum atomic E-state index is -1.11. The molecule has 2 unspecified atom stereocenters. The molecule has 1 aliphatic heterocycles. The lowest BCUT2D eigenvalue weighted by Gasteiger charge is -2.40. The number of hydrogen-bond donors (Lipinski definition) is 2. The Balaban J connectivity index is 1.37. The number of carboxylic acid groups (broad SMARTS) is 1. The molecule has 2 atom stereocenters. The molecule has 8 nitrogen and oxygen atoms in total. The van der Waals surface area contributed by atoms with Gasteiger partial charge in [-0.1, -0.05) is 55.5 Å². The van der Waals surface area contributed by atoms with Crippen molar-refractivity contribution in [2.24, 2.45) is 0 Å². The average Bonchev–Trinajstić information content (AvgIpc) is 3.20. The van der Waals surface area contributed by atoms with Gasteiger partial charge in [-0.15, -0.1) is 0 Å². The van der Waals surface area contributed by atoms with E-state index in [0.717, 1.165) is 22.3 Å². The highest BCUT2D eigenvalue weighted by Crippen LogP contribution is 2.44. The minimum absolute atomic E-state index is 0.0546. The van der Waals surface area contributed by atoms with Crippen LogP contribution in [-0.2, 0) is 14.3 Å². The van der Waals surface area contributed by atoms with Crippen molar-refractivity contribution in [2.45, 2.75) is 44.7 Å².